The Morgan fingerprint density at radius 1 is 1.90 bits per heavy atom. The van der Waals surface area contributed by atoms with Crippen LogP contribution in [0.3, 0.4) is 0 Å². The first kappa shape index (κ1) is 7.29. The number of ether oxygens (including phenoxy) is 1. The highest BCUT2D eigenvalue weighted by molar-refractivity contribution is 8.03. The van der Waals surface area contributed by atoms with Crippen LogP contribution in [0, 0.1) is 11.3 Å². The van der Waals surface area contributed by atoms with E-state index in [-0.39, 0.29) is 12.0 Å². The standard InChI is InChI=1S/C6H8N2OS/c1-4-3-10-5(2-7)6(8)9-4/h4H,3,8H2,1H3. The summed E-state index contributed by atoms with van der Waals surface area (Å²) in [6.45, 7) is 1.92. The molecule has 1 atom stereocenters. The normalized spacial score (nSPS) is 25.4. The van der Waals surface area contributed by atoms with Crippen LogP contribution in [0.5, 0.6) is 0 Å². The van der Waals surface area contributed by atoms with E-state index < -0.39 is 0 Å². The number of rotatable bonds is 0. The molecule has 0 saturated heterocycles. The summed E-state index contributed by atoms with van der Waals surface area (Å²) in [5, 5.41) is 8.46. The highest BCUT2D eigenvalue weighted by Gasteiger charge is 2.16. The molecule has 0 aromatic heterocycles. The van der Waals surface area contributed by atoms with Gasteiger partial charge in [0.25, 0.3) is 0 Å². The lowest BCUT2D eigenvalue weighted by atomic mass is 10.4. The molecular formula is C6H8N2OS. The molecule has 54 valence electrons. The average molecular weight is 156 g/mol. The number of thioether (sulfide) groups is 1. The molecule has 4 heteroatoms. The van der Waals surface area contributed by atoms with Gasteiger partial charge in [0.15, 0.2) is 0 Å². The number of nitrogens with zero attached hydrogens (tertiary/aromatic N) is 1. The third-order valence-electron chi connectivity index (χ3n) is 1.12. The largest absolute Gasteiger partial charge is 0.474 e. The smallest absolute Gasteiger partial charge is 0.209 e. The molecule has 3 nitrogen and oxygen atoms in total. The van der Waals surface area contributed by atoms with Crippen LogP contribution in [0.15, 0.2) is 10.8 Å². The summed E-state index contributed by atoms with van der Waals surface area (Å²) in [6, 6.07) is 1.97. The number of hydrogen-bond acceptors (Lipinski definition) is 4. The summed E-state index contributed by atoms with van der Waals surface area (Å²) >= 11 is 1.45. The van der Waals surface area contributed by atoms with Gasteiger partial charge in [-0.2, -0.15) is 5.26 Å². The van der Waals surface area contributed by atoms with Crippen molar-refractivity contribution in [3.63, 3.8) is 0 Å². The van der Waals surface area contributed by atoms with Crippen LogP contribution in [0.25, 0.3) is 0 Å². The second-order valence-electron chi connectivity index (χ2n) is 2.04. The summed E-state index contributed by atoms with van der Waals surface area (Å²) in [7, 11) is 0. The van der Waals surface area contributed by atoms with Crippen molar-refractivity contribution < 1.29 is 4.74 Å². The Labute approximate surface area is 63.8 Å². The van der Waals surface area contributed by atoms with Crippen molar-refractivity contribution in [1.82, 2.24) is 0 Å². The molecule has 1 unspecified atom stereocenters. The maximum absolute atomic E-state index is 8.46. The molecule has 10 heavy (non-hydrogen) atoms. The lowest BCUT2D eigenvalue weighted by Gasteiger charge is -2.19. The van der Waals surface area contributed by atoms with E-state index in [2.05, 4.69) is 0 Å². The fraction of sp³-hybridized carbons (Fsp3) is 0.500. The first-order chi connectivity index (χ1) is 4.74. The van der Waals surface area contributed by atoms with Crippen molar-refractivity contribution >= 4 is 11.8 Å². The van der Waals surface area contributed by atoms with Crippen LogP contribution >= 0.6 is 11.8 Å². The number of nitriles is 1. The molecule has 0 aromatic rings. The van der Waals surface area contributed by atoms with E-state index in [0.717, 1.165) is 5.75 Å². The maximum Gasteiger partial charge on any atom is 0.209 e. The number of hydrogen-bond donors (Lipinski definition) is 1. The van der Waals surface area contributed by atoms with Crippen LogP contribution < -0.4 is 5.73 Å². The molecule has 0 aliphatic carbocycles. The third kappa shape index (κ3) is 1.36. The van der Waals surface area contributed by atoms with Crippen molar-refractivity contribution in [2.45, 2.75) is 13.0 Å². The Kier molecular flexibility index (Phi) is 2.07. The fourth-order valence-electron chi connectivity index (χ4n) is 0.663. The van der Waals surface area contributed by atoms with Crippen molar-refractivity contribution in [3.8, 4) is 6.07 Å². The summed E-state index contributed by atoms with van der Waals surface area (Å²) in [5.41, 5.74) is 5.39. The molecule has 0 spiro atoms. The zero-order valence-electron chi connectivity index (χ0n) is 5.63. The van der Waals surface area contributed by atoms with Crippen molar-refractivity contribution in [3.05, 3.63) is 10.8 Å². The first-order valence-electron chi connectivity index (χ1n) is 2.93. The van der Waals surface area contributed by atoms with Gasteiger partial charge in [-0.1, -0.05) is 0 Å². The highest BCUT2D eigenvalue weighted by Crippen LogP contribution is 2.25. The van der Waals surface area contributed by atoms with Gasteiger partial charge in [-0.25, -0.2) is 0 Å². The quantitative estimate of drug-likeness (QED) is 0.563. The molecule has 0 fully saturated rings. The number of allylic oxidation sites excluding steroid dienone is 1. The predicted molar refractivity (Wildman–Crippen MR) is 39.8 cm³/mol. The molecule has 1 aliphatic rings. The van der Waals surface area contributed by atoms with Gasteiger partial charge in [-0.15, -0.1) is 11.8 Å². The fourth-order valence-corrected chi connectivity index (χ4v) is 1.39. The molecule has 1 rings (SSSR count). The Hall–Kier alpha value is -0.820. The van der Waals surface area contributed by atoms with Crippen molar-refractivity contribution in [2.24, 2.45) is 5.73 Å². The molecular weight excluding hydrogens is 148 g/mol. The van der Waals surface area contributed by atoms with Gasteiger partial charge in [0, 0.05) is 5.75 Å². The van der Waals surface area contributed by atoms with Crippen molar-refractivity contribution in [1.29, 1.82) is 5.26 Å². The van der Waals surface area contributed by atoms with Crippen molar-refractivity contribution in [2.75, 3.05) is 5.75 Å². The van der Waals surface area contributed by atoms with Gasteiger partial charge in [-0.3, -0.25) is 0 Å². The molecule has 1 aliphatic heterocycles. The van der Waals surface area contributed by atoms with Crippen LogP contribution in [-0.2, 0) is 4.74 Å². The van der Waals surface area contributed by atoms with Crippen LogP contribution in [0.1, 0.15) is 6.92 Å². The maximum atomic E-state index is 8.46. The van der Waals surface area contributed by atoms with E-state index in [1.54, 1.807) is 0 Å². The third-order valence-corrected chi connectivity index (χ3v) is 2.33. The predicted octanol–water partition coefficient (Wildman–Crippen LogP) is 0.790. The van der Waals surface area contributed by atoms with Gasteiger partial charge >= 0.3 is 0 Å². The van der Waals surface area contributed by atoms with E-state index in [0.29, 0.717) is 4.91 Å². The lowest BCUT2D eigenvalue weighted by molar-refractivity contribution is 0.145. The zero-order chi connectivity index (χ0) is 7.56. The summed E-state index contributed by atoms with van der Waals surface area (Å²) in [6.07, 6.45) is 0.127. The molecule has 0 aromatic carbocycles. The summed E-state index contributed by atoms with van der Waals surface area (Å²) < 4.78 is 5.10. The minimum atomic E-state index is 0.127. The van der Waals surface area contributed by atoms with Crippen LogP contribution in [0.4, 0.5) is 0 Å². The summed E-state index contributed by atoms with van der Waals surface area (Å²) in [4.78, 5) is 0.498. The van der Waals surface area contributed by atoms with E-state index >= 15 is 0 Å². The van der Waals surface area contributed by atoms with E-state index in [1.165, 1.54) is 11.8 Å². The number of nitrogens with two attached hydrogens (primary N) is 1. The van der Waals surface area contributed by atoms with Gasteiger partial charge in [0.1, 0.15) is 17.1 Å². The molecule has 0 bridgehead atoms. The molecule has 1 heterocycles. The lowest BCUT2D eigenvalue weighted by Crippen LogP contribution is -2.20. The minimum Gasteiger partial charge on any atom is -0.474 e. The van der Waals surface area contributed by atoms with Crippen LogP contribution in [-0.4, -0.2) is 11.9 Å². The van der Waals surface area contributed by atoms with Gasteiger partial charge < -0.3 is 10.5 Å². The van der Waals surface area contributed by atoms with Crippen LogP contribution in [0.2, 0.25) is 0 Å². The monoisotopic (exact) mass is 156 g/mol. The van der Waals surface area contributed by atoms with Gasteiger partial charge in [-0.05, 0) is 6.92 Å². The Morgan fingerprint density at radius 3 is 3.10 bits per heavy atom. The van der Waals surface area contributed by atoms with E-state index in [1.807, 2.05) is 13.0 Å². The second kappa shape index (κ2) is 2.84. The minimum absolute atomic E-state index is 0.127. The molecule has 2 N–H and O–H groups in total. The first-order valence-corrected chi connectivity index (χ1v) is 3.92. The SMILES string of the molecule is CC1CSC(C#N)=C(N)O1. The molecule has 0 saturated carbocycles. The highest BCUT2D eigenvalue weighted by atomic mass is 32.2. The van der Waals surface area contributed by atoms with E-state index in [9.17, 15) is 0 Å². The Bertz CT molecular complexity index is 206. The average Bonchev–Trinajstić information content (AvgIpc) is 1.88. The molecule has 0 radical (unpaired) electrons. The van der Waals surface area contributed by atoms with E-state index in [4.69, 9.17) is 15.7 Å². The Morgan fingerprint density at radius 2 is 2.60 bits per heavy atom. The second-order valence-corrected chi connectivity index (χ2v) is 3.07. The Balaban J connectivity index is 2.73. The molecule has 0 amide bonds. The topological polar surface area (TPSA) is 59.0 Å². The summed E-state index contributed by atoms with van der Waals surface area (Å²) in [5.74, 6) is 1.08. The van der Waals surface area contributed by atoms with Gasteiger partial charge in [0.05, 0.1) is 0 Å². The zero-order valence-corrected chi connectivity index (χ0v) is 6.44. The van der Waals surface area contributed by atoms with Gasteiger partial charge in [0.2, 0.25) is 5.88 Å².